The zero-order valence-corrected chi connectivity index (χ0v) is 16.5. The van der Waals surface area contributed by atoms with Crippen molar-refractivity contribution in [3.8, 4) is 5.69 Å². The average Bonchev–Trinajstić information content (AvgIpc) is 2.95. The predicted molar refractivity (Wildman–Crippen MR) is 107 cm³/mol. The maximum Gasteiger partial charge on any atom is 0.280 e. The Balaban J connectivity index is 1.33. The maximum absolute atomic E-state index is 13.1. The molecule has 0 radical (unpaired) electrons. The molecule has 4 bridgehead atoms. The predicted octanol–water partition coefficient (Wildman–Crippen LogP) is 3.28. The molecule has 6 rings (SSSR count). The second-order valence-electron chi connectivity index (χ2n) is 9.16. The lowest BCUT2D eigenvalue weighted by molar-refractivity contribution is -0.146. The third kappa shape index (κ3) is 3.12. The minimum absolute atomic E-state index is 0.0000936. The van der Waals surface area contributed by atoms with Crippen molar-refractivity contribution in [1.29, 1.82) is 0 Å². The van der Waals surface area contributed by atoms with E-state index in [1.165, 1.54) is 54.4 Å². The van der Waals surface area contributed by atoms with Gasteiger partial charge in [-0.3, -0.25) is 14.7 Å². The van der Waals surface area contributed by atoms with E-state index in [1.807, 2.05) is 0 Å². The summed E-state index contributed by atoms with van der Waals surface area (Å²) in [6.45, 7) is 1.77. The number of benzene rings is 1. The number of carbonyl (C=O) groups is 1. The van der Waals surface area contributed by atoms with Crippen LogP contribution in [0.15, 0.2) is 34.2 Å². The Hall–Kier alpha value is -2.70. The first-order valence-electron chi connectivity index (χ1n) is 10.3. The molecule has 1 amide bonds. The van der Waals surface area contributed by atoms with Crippen molar-refractivity contribution in [2.24, 2.45) is 28.3 Å². The number of aromatic amines is 1. The molecule has 0 saturated heterocycles. The van der Waals surface area contributed by atoms with Gasteiger partial charge in [0, 0.05) is 5.69 Å². The molecule has 4 fully saturated rings. The molecule has 0 aliphatic heterocycles. The van der Waals surface area contributed by atoms with E-state index in [0.29, 0.717) is 34.7 Å². The molecule has 0 spiro atoms. The van der Waals surface area contributed by atoms with Crippen molar-refractivity contribution in [2.45, 2.75) is 45.4 Å². The van der Waals surface area contributed by atoms with E-state index >= 15 is 0 Å². The van der Waals surface area contributed by atoms with Crippen LogP contribution in [0.5, 0.6) is 0 Å². The molecule has 1 aromatic heterocycles. The third-order valence-corrected chi connectivity index (χ3v) is 7.08. The highest BCUT2D eigenvalue weighted by molar-refractivity contribution is 5.86. The van der Waals surface area contributed by atoms with Crippen molar-refractivity contribution in [2.75, 3.05) is 0 Å². The van der Waals surface area contributed by atoms with Crippen LogP contribution in [-0.4, -0.2) is 21.9 Å². The third-order valence-electron chi connectivity index (χ3n) is 7.08. The summed E-state index contributed by atoms with van der Waals surface area (Å²) in [6.07, 6.45) is 8.17. The molecule has 6 nitrogen and oxygen atoms in total. The largest absolute Gasteiger partial charge is 0.295 e. The number of aryl methyl sites for hydroxylation is 1. The molecule has 152 valence electrons. The van der Waals surface area contributed by atoms with Crippen molar-refractivity contribution in [3.63, 3.8) is 0 Å². The SMILES string of the molecule is Cc1[nH]n(-c2ccc(F)cc2)c(=O)c1/C=N/NC(=O)C12CC3CC(CC(C3)C1)C2. The summed E-state index contributed by atoms with van der Waals surface area (Å²) < 4.78 is 14.5. The minimum atomic E-state index is -0.362. The van der Waals surface area contributed by atoms with E-state index in [-0.39, 0.29) is 22.7 Å². The summed E-state index contributed by atoms with van der Waals surface area (Å²) in [5, 5.41) is 7.10. The van der Waals surface area contributed by atoms with Gasteiger partial charge in [0.1, 0.15) is 5.82 Å². The second-order valence-corrected chi connectivity index (χ2v) is 9.16. The Morgan fingerprint density at radius 2 is 1.76 bits per heavy atom. The van der Waals surface area contributed by atoms with E-state index in [2.05, 4.69) is 15.6 Å². The van der Waals surface area contributed by atoms with E-state index in [4.69, 9.17) is 0 Å². The summed E-state index contributed by atoms with van der Waals surface area (Å²) in [5.74, 6) is 1.70. The first-order chi connectivity index (χ1) is 13.9. The molecule has 4 aliphatic carbocycles. The van der Waals surface area contributed by atoms with E-state index < -0.39 is 0 Å². The Labute approximate surface area is 168 Å². The monoisotopic (exact) mass is 396 g/mol. The average molecular weight is 396 g/mol. The first kappa shape index (κ1) is 18.3. The van der Waals surface area contributed by atoms with Crippen LogP contribution in [0.2, 0.25) is 0 Å². The maximum atomic E-state index is 13.1. The van der Waals surface area contributed by atoms with Crippen LogP contribution < -0.4 is 11.0 Å². The fraction of sp³-hybridized carbons (Fsp3) is 0.500. The summed E-state index contributed by atoms with van der Waals surface area (Å²) in [4.78, 5) is 25.7. The topological polar surface area (TPSA) is 79.2 Å². The van der Waals surface area contributed by atoms with Gasteiger partial charge in [0.05, 0.1) is 22.9 Å². The Bertz CT molecular complexity index is 999. The number of nitrogens with one attached hydrogen (secondary N) is 2. The Kier molecular flexibility index (Phi) is 4.22. The number of nitrogens with zero attached hydrogens (tertiary/aromatic N) is 2. The molecule has 29 heavy (non-hydrogen) atoms. The Morgan fingerprint density at radius 1 is 1.17 bits per heavy atom. The normalized spacial score (nSPS) is 30.2. The summed E-state index contributed by atoms with van der Waals surface area (Å²) in [6, 6.07) is 5.67. The van der Waals surface area contributed by atoms with Crippen molar-refractivity contribution in [3.05, 3.63) is 51.7 Å². The standard InChI is InChI=1S/C22H25FN4O2/c1-13-19(20(28)27(26-13)18-4-2-17(23)3-5-18)12-24-25-21(29)22-9-14-6-15(10-22)8-16(7-14)11-22/h2-5,12,14-16,26H,6-11H2,1H3,(H,25,29)/b24-12+. The smallest absolute Gasteiger partial charge is 0.280 e. The van der Waals surface area contributed by atoms with Crippen molar-refractivity contribution < 1.29 is 9.18 Å². The number of amides is 1. The van der Waals surface area contributed by atoms with Gasteiger partial charge in [-0.05, 0) is 87.5 Å². The molecular weight excluding hydrogens is 371 g/mol. The van der Waals surface area contributed by atoms with Gasteiger partial charge in [0.2, 0.25) is 5.91 Å². The molecule has 2 N–H and O–H groups in total. The zero-order chi connectivity index (χ0) is 20.2. The van der Waals surface area contributed by atoms with Crippen LogP contribution in [0.25, 0.3) is 5.69 Å². The first-order valence-corrected chi connectivity index (χ1v) is 10.3. The van der Waals surface area contributed by atoms with Crippen LogP contribution in [-0.2, 0) is 4.79 Å². The van der Waals surface area contributed by atoms with E-state index in [1.54, 1.807) is 6.92 Å². The number of halogens is 1. The van der Waals surface area contributed by atoms with Gasteiger partial charge in [-0.2, -0.15) is 5.10 Å². The zero-order valence-electron chi connectivity index (χ0n) is 16.5. The number of aromatic nitrogens is 2. The molecule has 1 heterocycles. The van der Waals surface area contributed by atoms with Crippen molar-refractivity contribution in [1.82, 2.24) is 15.2 Å². The fourth-order valence-electron chi connectivity index (χ4n) is 6.15. The van der Waals surface area contributed by atoms with Gasteiger partial charge in [0.25, 0.3) is 5.56 Å². The summed E-state index contributed by atoms with van der Waals surface area (Å²) >= 11 is 0. The van der Waals surface area contributed by atoms with Crippen LogP contribution >= 0.6 is 0 Å². The molecule has 1 aromatic carbocycles. The van der Waals surface area contributed by atoms with Crippen LogP contribution in [0, 0.1) is 35.9 Å². The number of hydrogen-bond donors (Lipinski definition) is 2. The van der Waals surface area contributed by atoms with Crippen LogP contribution in [0.1, 0.15) is 49.8 Å². The quantitative estimate of drug-likeness (QED) is 0.614. The van der Waals surface area contributed by atoms with Gasteiger partial charge in [-0.15, -0.1) is 0 Å². The highest BCUT2D eigenvalue weighted by Crippen LogP contribution is 2.60. The molecule has 2 aromatic rings. The molecule has 7 heteroatoms. The van der Waals surface area contributed by atoms with Gasteiger partial charge in [-0.1, -0.05) is 0 Å². The number of hydrogen-bond acceptors (Lipinski definition) is 3. The lowest BCUT2D eigenvalue weighted by Crippen LogP contribution is -2.52. The molecule has 4 saturated carbocycles. The molecule has 0 atom stereocenters. The summed E-state index contributed by atoms with van der Waals surface area (Å²) in [5.41, 5.74) is 3.70. The Morgan fingerprint density at radius 3 is 2.34 bits per heavy atom. The lowest BCUT2D eigenvalue weighted by Gasteiger charge is -2.55. The molecular formula is C22H25FN4O2. The second kappa shape index (κ2) is 6.68. The summed E-state index contributed by atoms with van der Waals surface area (Å²) in [7, 11) is 0. The van der Waals surface area contributed by atoms with Gasteiger partial charge >= 0.3 is 0 Å². The van der Waals surface area contributed by atoms with Gasteiger partial charge in [-0.25, -0.2) is 14.5 Å². The van der Waals surface area contributed by atoms with E-state index in [9.17, 15) is 14.0 Å². The van der Waals surface area contributed by atoms with Crippen molar-refractivity contribution >= 4 is 12.1 Å². The highest BCUT2D eigenvalue weighted by Gasteiger charge is 2.54. The minimum Gasteiger partial charge on any atom is -0.295 e. The van der Waals surface area contributed by atoms with E-state index in [0.717, 1.165) is 19.3 Å². The van der Waals surface area contributed by atoms with Gasteiger partial charge in [0.15, 0.2) is 0 Å². The van der Waals surface area contributed by atoms with Gasteiger partial charge < -0.3 is 0 Å². The number of rotatable bonds is 4. The number of carbonyl (C=O) groups excluding carboxylic acids is 1. The molecule has 0 unspecified atom stereocenters. The lowest BCUT2D eigenvalue weighted by atomic mass is 9.49. The fourth-order valence-corrected chi connectivity index (χ4v) is 6.15. The molecule has 4 aliphatic rings. The van der Waals surface area contributed by atoms with Crippen LogP contribution in [0.4, 0.5) is 4.39 Å². The number of H-pyrrole nitrogens is 1. The van der Waals surface area contributed by atoms with Crippen LogP contribution in [0.3, 0.4) is 0 Å². The number of hydrazone groups is 1. The highest BCUT2D eigenvalue weighted by atomic mass is 19.1.